The van der Waals surface area contributed by atoms with Gasteiger partial charge in [-0.3, -0.25) is 4.79 Å². The third-order valence-corrected chi connectivity index (χ3v) is 6.29. The number of alkyl halides is 3. The van der Waals surface area contributed by atoms with E-state index < -0.39 is 38.6 Å². The summed E-state index contributed by atoms with van der Waals surface area (Å²) in [5, 5.41) is 2.35. The van der Waals surface area contributed by atoms with E-state index in [4.69, 9.17) is 11.6 Å². The summed E-state index contributed by atoms with van der Waals surface area (Å²) in [5.74, 6) is 0.00920. The minimum Gasteiger partial charge on any atom is -0.352 e. The fraction of sp³-hybridized carbons (Fsp3) is 0.533. The van der Waals surface area contributed by atoms with Crippen LogP contribution in [0.15, 0.2) is 23.1 Å². The summed E-state index contributed by atoms with van der Waals surface area (Å²) in [7, 11) is -4.42. The molecule has 1 aliphatic rings. The minimum absolute atomic E-state index is 0.0286. The number of thioether (sulfide) groups is 1. The molecule has 1 fully saturated rings. The molecular formula is C15H18ClF3N2O3S2. The van der Waals surface area contributed by atoms with Crippen molar-refractivity contribution in [2.45, 2.75) is 42.4 Å². The molecule has 1 aromatic rings. The standard InChI is InChI=1S/C15H18ClF3N2O3S2/c1-25-7-6-12(14(22)20-10-3-4-10)21-26(23,24)13-8-9(15(17,18)19)2-5-11(13)16/h2,5,8,10,12,21H,3-4,6-7H2,1H3,(H,20,22)/t12-/m1/s1. The summed E-state index contributed by atoms with van der Waals surface area (Å²) in [6.07, 6.45) is -1.06. The maximum atomic E-state index is 12.9. The lowest BCUT2D eigenvalue weighted by Crippen LogP contribution is -2.47. The smallest absolute Gasteiger partial charge is 0.352 e. The van der Waals surface area contributed by atoms with Gasteiger partial charge in [0, 0.05) is 6.04 Å². The molecule has 1 amide bonds. The van der Waals surface area contributed by atoms with Crippen LogP contribution < -0.4 is 10.0 Å². The molecule has 1 saturated carbocycles. The first-order chi connectivity index (χ1) is 12.0. The zero-order valence-electron chi connectivity index (χ0n) is 13.8. The lowest BCUT2D eigenvalue weighted by Gasteiger charge is -2.19. The van der Waals surface area contributed by atoms with Crippen LogP contribution in [0.2, 0.25) is 5.02 Å². The van der Waals surface area contributed by atoms with Crippen LogP contribution in [0.25, 0.3) is 0 Å². The topological polar surface area (TPSA) is 75.3 Å². The van der Waals surface area contributed by atoms with Gasteiger partial charge < -0.3 is 5.32 Å². The zero-order chi connectivity index (χ0) is 19.5. The lowest BCUT2D eigenvalue weighted by atomic mass is 10.2. The molecule has 146 valence electrons. The highest BCUT2D eigenvalue weighted by Crippen LogP contribution is 2.33. The Balaban J connectivity index is 2.27. The molecule has 2 rings (SSSR count). The maximum absolute atomic E-state index is 12.9. The predicted molar refractivity (Wildman–Crippen MR) is 94.7 cm³/mol. The molecule has 1 aliphatic carbocycles. The van der Waals surface area contributed by atoms with Crippen molar-refractivity contribution in [2.75, 3.05) is 12.0 Å². The molecule has 0 bridgehead atoms. The van der Waals surface area contributed by atoms with Gasteiger partial charge in [0.1, 0.15) is 10.9 Å². The summed E-state index contributed by atoms with van der Waals surface area (Å²) in [6.45, 7) is 0. The van der Waals surface area contributed by atoms with E-state index in [0.29, 0.717) is 17.9 Å². The third kappa shape index (κ3) is 5.77. The molecule has 0 aliphatic heterocycles. The highest BCUT2D eigenvalue weighted by molar-refractivity contribution is 7.98. The van der Waals surface area contributed by atoms with E-state index in [1.807, 2.05) is 0 Å². The van der Waals surface area contributed by atoms with E-state index in [1.54, 1.807) is 6.26 Å². The molecule has 0 spiro atoms. The second kappa shape index (κ2) is 8.37. The van der Waals surface area contributed by atoms with Crippen molar-refractivity contribution in [3.63, 3.8) is 0 Å². The van der Waals surface area contributed by atoms with Gasteiger partial charge in [0.05, 0.1) is 10.6 Å². The molecule has 0 heterocycles. The van der Waals surface area contributed by atoms with Crippen LogP contribution in [0.4, 0.5) is 13.2 Å². The van der Waals surface area contributed by atoms with Crippen molar-refractivity contribution >= 4 is 39.3 Å². The second-order valence-corrected chi connectivity index (χ2v) is 8.96. The van der Waals surface area contributed by atoms with Crippen molar-refractivity contribution in [3.8, 4) is 0 Å². The Hall–Kier alpha value is -0.970. The van der Waals surface area contributed by atoms with Gasteiger partial charge in [-0.25, -0.2) is 8.42 Å². The number of carbonyl (C=O) groups excluding carboxylic acids is 1. The van der Waals surface area contributed by atoms with E-state index in [0.717, 1.165) is 18.9 Å². The number of sulfonamides is 1. The van der Waals surface area contributed by atoms with E-state index in [-0.39, 0.29) is 17.5 Å². The van der Waals surface area contributed by atoms with Crippen molar-refractivity contribution in [1.82, 2.24) is 10.0 Å². The first-order valence-corrected chi connectivity index (χ1v) is 11.0. The predicted octanol–water partition coefficient (Wildman–Crippen LogP) is 3.04. The van der Waals surface area contributed by atoms with Gasteiger partial charge in [0.2, 0.25) is 15.9 Å². The van der Waals surface area contributed by atoms with Crippen molar-refractivity contribution in [3.05, 3.63) is 28.8 Å². The van der Waals surface area contributed by atoms with E-state index in [9.17, 15) is 26.4 Å². The van der Waals surface area contributed by atoms with E-state index >= 15 is 0 Å². The van der Waals surface area contributed by atoms with E-state index in [1.165, 1.54) is 11.8 Å². The number of carbonyl (C=O) groups is 1. The molecule has 11 heteroatoms. The van der Waals surface area contributed by atoms with Gasteiger partial charge in [-0.15, -0.1) is 0 Å². The molecule has 0 unspecified atom stereocenters. The number of hydrogen-bond donors (Lipinski definition) is 2. The largest absolute Gasteiger partial charge is 0.416 e. The lowest BCUT2D eigenvalue weighted by molar-refractivity contribution is -0.137. The van der Waals surface area contributed by atoms with Crippen molar-refractivity contribution < 1.29 is 26.4 Å². The summed E-state index contributed by atoms with van der Waals surface area (Å²) in [6, 6.07) is 0.987. The van der Waals surface area contributed by atoms with Gasteiger partial charge in [0.25, 0.3) is 0 Å². The highest BCUT2D eigenvalue weighted by Gasteiger charge is 2.34. The molecule has 26 heavy (non-hydrogen) atoms. The third-order valence-electron chi connectivity index (χ3n) is 3.70. The molecule has 0 radical (unpaired) electrons. The van der Waals surface area contributed by atoms with Crippen LogP contribution in [0.3, 0.4) is 0 Å². The number of halogens is 4. The summed E-state index contributed by atoms with van der Waals surface area (Å²) < 4.78 is 65.9. The molecule has 5 nitrogen and oxygen atoms in total. The Bertz CT molecular complexity index is 768. The second-order valence-electron chi connectivity index (χ2n) is 5.88. The van der Waals surface area contributed by atoms with Gasteiger partial charge in [0.15, 0.2) is 0 Å². The normalized spacial score (nSPS) is 16.3. The van der Waals surface area contributed by atoms with Crippen LogP contribution in [-0.2, 0) is 21.0 Å². The molecule has 1 atom stereocenters. The number of benzene rings is 1. The quantitative estimate of drug-likeness (QED) is 0.664. The SMILES string of the molecule is CSCC[C@@H](NS(=O)(=O)c1cc(C(F)(F)F)ccc1Cl)C(=O)NC1CC1. The highest BCUT2D eigenvalue weighted by atomic mass is 35.5. The Labute approximate surface area is 159 Å². The molecule has 2 N–H and O–H groups in total. The van der Waals surface area contributed by atoms with Crippen LogP contribution in [0.5, 0.6) is 0 Å². The zero-order valence-corrected chi connectivity index (χ0v) is 16.2. The fourth-order valence-corrected chi connectivity index (χ4v) is 4.37. The Morgan fingerprint density at radius 3 is 2.58 bits per heavy atom. The fourth-order valence-electron chi connectivity index (χ4n) is 2.15. The average Bonchev–Trinajstić information content (AvgIpc) is 3.34. The molecule has 1 aromatic carbocycles. The minimum atomic E-state index is -4.71. The molecule has 0 saturated heterocycles. The van der Waals surface area contributed by atoms with Crippen molar-refractivity contribution in [1.29, 1.82) is 0 Å². The monoisotopic (exact) mass is 430 g/mol. The first kappa shape index (κ1) is 21.3. The van der Waals surface area contributed by atoms with Crippen LogP contribution in [0.1, 0.15) is 24.8 Å². The maximum Gasteiger partial charge on any atom is 0.416 e. The Morgan fingerprint density at radius 2 is 2.04 bits per heavy atom. The van der Waals surface area contributed by atoms with Crippen LogP contribution in [0, 0.1) is 0 Å². The number of amides is 1. The number of rotatable bonds is 8. The summed E-state index contributed by atoms with van der Waals surface area (Å²) >= 11 is 7.22. The molecule has 0 aromatic heterocycles. The first-order valence-electron chi connectivity index (χ1n) is 7.73. The van der Waals surface area contributed by atoms with Gasteiger partial charge in [-0.2, -0.15) is 29.7 Å². The number of hydrogen-bond acceptors (Lipinski definition) is 4. The molecular weight excluding hydrogens is 413 g/mol. The van der Waals surface area contributed by atoms with Crippen molar-refractivity contribution in [2.24, 2.45) is 0 Å². The van der Waals surface area contributed by atoms with Crippen LogP contribution in [-0.4, -0.2) is 38.4 Å². The summed E-state index contributed by atoms with van der Waals surface area (Å²) in [5.41, 5.74) is -1.13. The summed E-state index contributed by atoms with van der Waals surface area (Å²) in [4.78, 5) is 11.6. The average molecular weight is 431 g/mol. The van der Waals surface area contributed by atoms with E-state index in [2.05, 4.69) is 10.0 Å². The number of nitrogens with one attached hydrogen (secondary N) is 2. The van der Waals surface area contributed by atoms with Gasteiger partial charge in [-0.1, -0.05) is 11.6 Å². The Kier molecular flexibility index (Phi) is 6.86. The van der Waals surface area contributed by atoms with Gasteiger partial charge >= 0.3 is 6.18 Å². The Morgan fingerprint density at radius 1 is 1.38 bits per heavy atom. The van der Waals surface area contributed by atoms with Crippen LogP contribution >= 0.6 is 23.4 Å². The van der Waals surface area contributed by atoms with Gasteiger partial charge in [-0.05, 0) is 49.5 Å².